The third-order valence-corrected chi connectivity index (χ3v) is 5.71. The largest absolute Gasteiger partial charge is 0.495 e. The molecule has 31 heavy (non-hydrogen) atoms. The van der Waals surface area contributed by atoms with Crippen molar-refractivity contribution >= 4 is 45.6 Å². The smallest absolute Gasteiger partial charge is 0.153 e. The molecule has 1 heterocycles. The first-order valence-electron chi connectivity index (χ1n) is 9.62. The lowest BCUT2D eigenvalue weighted by atomic mass is 10.1. The minimum Gasteiger partial charge on any atom is -0.495 e. The fourth-order valence-corrected chi connectivity index (χ4v) is 4.08. The highest BCUT2D eigenvalue weighted by atomic mass is 35.5. The third-order valence-electron chi connectivity index (χ3n) is 5.12. The Kier molecular flexibility index (Phi) is 6.11. The van der Waals surface area contributed by atoms with E-state index in [2.05, 4.69) is 15.1 Å². The van der Waals surface area contributed by atoms with Crippen LogP contribution in [-0.2, 0) is 13.1 Å². The highest BCUT2D eigenvalue weighted by Crippen LogP contribution is 2.31. The van der Waals surface area contributed by atoms with Gasteiger partial charge in [0, 0.05) is 24.2 Å². The molecule has 6 nitrogen and oxygen atoms in total. The maximum absolute atomic E-state index is 6.35. The molecule has 8 heteroatoms. The molecular formula is C23H22Cl2N4O2. The highest BCUT2D eigenvalue weighted by molar-refractivity contribution is 6.32. The number of anilines is 2. The van der Waals surface area contributed by atoms with E-state index in [-0.39, 0.29) is 0 Å². The molecule has 0 aliphatic carbocycles. The van der Waals surface area contributed by atoms with Crippen LogP contribution in [0.25, 0.3) is 10.9 Å². The summed E-state index contributed by atoms with van der Waals surface area (Å²) in [6.45, 7) is 1.24. The number of aromatic nitrogens is 2. The van der Waals surface area contributed by atoms with Crippen molar-refractivity contribution in [2.45, 2.75) is 13.1 Å². The Morgan fingerprint density at radius 3 is 1.97 bits per heavy atom. The van der Waals surface area contributed by atoms with Crippen molar-refractivity contribution in [2.75, 3.05) is 24.9 Å². The standard InChI is InChI=1S/C23H22Cl2N4O2/c1-30-21-7-3-14(9-18(21)24)12-29(13-15-4-8-22(31-2)19(25)10-15)16-5-6-20-17(11-16)23(26)28-27-20/h3-11H,12-13H2,1-2H3,(H3,26,27,28). The molecule has 0 bridgehead atoms. The van der Waals surface area contributed by atoms with Crippen molar-refractivity contribution in [3.63, 3.8) is 0 Å². The van der Waals surface area contributed by atoms with Crippen LogP contribution in [0.1, 0.15) is 11.1 Å². The zero-order valence-electron chi connectivity index (χ0n) is 17.2. The van der Waals surface area contributed by atoms with Gasteiger partial charge in [-0.05, 0) is 53.6 Å². The molecule has 0 unspecified atom stereocenters. The van der Waals surface area contributed by atoms with E-state index < -0.39 is 0 Å². The van der Waals surface area contributed by atoms with Gasteiger partial charge in [-0.3, -0.25) is 5.10 Å². The van der Waals surface area contributed by atoms with Crippen LogP contribution >= 0.6 is 23.2 Å². The first-order valence-corrected chi connectivity index (χ1v) is 10.4. The molecule has 160 valence electrons. The summed E-state index contributed by atoms with van der Waals surface area (Å²) >= 11 is 12.7. The van der Waals surface area contributed by atoms with Gasteiger partial charge >= 0.3 is 0 Å². The highest BCUT2D eigenvalue weighted by Gasteiger charge is 2.14. The number of nitrogens with zero attached hydrogens (tertiary/aromatic N) is 2. The predicted molar refractivity (Wildman–Crippen MR) is 126 cm³/mol. The summed E-state index contributed by atoms with van der Waals surface area (Å²) in [5, 5.41) is 9.05. The number of hydrogen-bond donors (Lipinski definition) is 2. The quantitative estimate of drug-likeness (QED) is 0.374. The average Bonchev–Trinajstić information content (AvgIpc) is 3.14. The van der Waals surface area contributed by atoms with Crippen LogP contribution in [0.2, 0.25) is 10.0 Å². The van der Waals surface area contributed by atoms with Crippen molar-refractivity contribution in [1.29, 1.82) is 0 Å². The maximum atomic E-state index is 6.35. The molecule has 0 aliphatic rings. The number of nitrogens with one attached hydrogen (secondary N) is 1. The normalized spacial score (nSPS) is 11.0. The number of nitrogen functional groups attached to an aromatic ring is 1. The first-order chi connectivity index (χ1) is 15.0. The summed E-state index contributed by atoms with van der Waals surface area (Å²) in [5.41, 5.74) is 10.0. The van der Waals surface area contributed by atoms with Crippen LogP contribution < -0.4 is 20.1 Å². The van der Waals surface area contributed by atoms with Crippen molar-refractivity contribution in [2.24, 2.45) is 0 Å². The number of benzene rings is 3. The molecule has 0 amide bonds. The topological polar surface area (TPSA) is 76.4 Å². The summed E-state index contributed by atoms with van der Waals surface area (Å²) in [6, 6.07) is 17.6. The summed E-state index contributed by atoms with van der Waals surface area (Å²) in [7, 11) is 3.20. The molecule has 0 fully saturated rings. The number of methoxy groups -OCH3 is 2. The molecule has 0 saturated heterocycles. The Bertz CT molecular complexity index is 1170. The fourth-order valence-electron chi connectivity index (χ4n) is 3.51. The van der Waals surface area contributed by atoms with Crippen LogP contribution in [0.3, 0.4) is 0 Å². The molecular weight excluding hydrogens is 435 g/mol. The molecule has 0 saturated carbocycles. The number of halogens is 2. The van der Waals surface area contributed by atoms with Crippen LogP contribution in [-0.4, -0.2) is 24.4 Å². The Balaban J connectivity index is 1.71. The summed E-state index contributed by atoms with van der Waals surface area (Å²) in [6.07, 6.45) is 0. The molecule has 0 radical (unpaired) electrons. The number of rotatable bonds is 7. The Labute approximate surface area is 190 Å². The van der Waals surface area contributed by atoms with E-state index >= 15 is 0 Å². The van der Waals surface area contributed by atoms with Crippen LogP contribution in [0.15, 0.2) is 54.6 Å². The lowest BCUT2D eigenvalue weighted by Gasteiger charge is -2.26. The van der Waals surface area contributed by atoms with E-state index in [0.29, 0.717) is 40.5 Å². The van der Waals surface area contributed by atoms with Gasteiger partial charge in [0.25, 0.3) is 0 Å². The monoisotopic (exact) mass is 456 g/mol. The van der Waals surface area contributed by atoms with Gasteiger partial charge in [-0.15, -0.1) is 0 Å². The Hall–Kier alpha value is -3.09. The van der Waals surface area contributed by atoms with Gasteiger partial charge in [0.1, 0.15) is 11.5 Å². The summed E-state index contributed by atoms with van der Waals surface area (Å²) in [4.78, 5) is 2.22. The van der Waals surface area contributed by atoms with Crippen molar-refractivity contribution in [3.05, 3.63) is 75.8 Å². The van der Waals surface area contributed by atoms with Gasteiger partial charge in [0.2, 0.25) is 0 Å². The number of ether oxygens (including phenoxy) is 2. The molecule has 0 atom stereocenters. The molecule has 1 aromatic heterocycles. The number of nitrogens with two attached hydrogens (primary N) is 1. The second kappa shape index (κ2) is 8.96. The number of H-pyrrole nitrogens is 1. The van der Waals surface area contributed by atoms with Gasteiger partial charge < -0.3 is 20.1 Å². The Morgan fingerprint density at radius 1 is 0.871 bits per heavy atom. The lowest BCUT2D eigenvalue weighted by molar-refractivity contribution is 0.415. The number of hydrogen-bond acceptors (Lipinski definition) is 5. The zero-order chi connectivity index (χ0) is 22.0. The van der Waals surface area contributed by atoms with E-state index in [1.54, 1.807) is 14.2 Å². The van der Waals surface area contributed by atoms with E-state index in [4.69, 9.17) is 38.4 Å². The lowest BCUT2D eigenvalue weighted by Crippen LogP contribution is -2.22. The summed E-state index contributed by atoms with van der Waals surface area (Å²) < 4.78 is 10.6. The SMILES string of the molecule is COc1ccc(CN(Cc2ccc(OC)c(Cl)c2)c2ccc3[nH]nc(N)c3c2)cc1Cl. The van der Waals surface area contributed by atoms with E-state index in [1.807, 2.05) is 54.6 Å². The number of fused-ring (bicyclic) bond motifs is 1. The first kappa shape index (κ1) is 21.2. The summed E-state index contributed by atoms with van der Waals surface area (Å²) in [5.74, 6) is 1.76. The zero-order valence-corrected chi connectivity index (χ0v) is 18.7. The van der Waals surface area contributed by atoms with Gasteiger partial charge in [0.15, 0.2) is 5.82 Å². The molecule has 3 aromatic carbocycles. The van der Waals surface area contributed by atoms with Crippen LogP contribution in [0.4, 0.5) is 11.5 Å². The second-order valence-electron chi connectivity index (χ2n) is 7.13. The maximum Gasteiger partial charge on any atom is 0.153 e. The van der Waals surface area contributed by atoms with Crippen molar-refractivity contribution < 1.29 is 9.47 Å². The van der Waals surface area contributed by atoms with Gasteiger partial charge in [-0.2, -0.15) is 5.10 Å². The molecule has 0 spiro atoms. The molecule has 3 N–H and O–H groups in total. The van der Waals surface area contributed by atoms with Gasteiger partial charge in [0.05, 0.1) is 29.8 Å². The fraction of sp³-hybridized carbons (Fsp3) is 0.174. The average molecular weight is 457 g/mol. The van der Waals surface area contributed by atoms with Crippen molar-refractivity contribution in [1.82, 2.24) is 10.2 Å². The molecule has 4 aromatic rings. The number of aromatic amines is 1. The van der Waals surface area contributed by atoms with Crippen LogP contribution in [0, 0.1) is 0 Å². The minimum atomic E-state index is 0.469. The van der Waals surface area contributed by atoms with Crippen molar-refractivity contribution in [3.8, 4) is 11.5 Å². The Morgan fingerprint density at radius 2 is 1.45 bits per heavy atom. The van der Waals surface area contributed by atoms with E-state index in [1.165, 1.54) is 0 Å². The molecule has 4 rings (SSSR count). The predicted octanol–water partition coefficient (Wildman–Crippen LogP) is 5.68. The van der Waals surface area contributed by atoms with Crippen LogP contribution in [0.5, 0.6) is 11.5 Å². The van der Waals surface area contributed by atoms with E-state index in [0.717, 1.165) is 27.7 Å². The third kappa shape index (κ3) is 4.50. The molecule has 0 aliphatic heterocycles. The van der Waals surface area contributed by atoms with Gasteiger partial charge in [-0.1, -0.05) is 35.3 Å². The van der Waals surface area contributed by atoms with Gasteiger partial charge in [-0.25, -0.2) is 0 Å². The second-order valence-corrected chi connectivity index (χ2v) is 7.95. The van der Waals surface area contributed by atoms with E-state index in [9.17, 15) is 0 Å². The minimum absolute atomic E-state index is 0.469.